The average Bonchev–Trinajstić information content (AvgIpc) is 2.82. The molecule has 0 saturated heterocycles. The molecule has 0 radical (unpaired) electrons. The molecule has 1 aliphatic carbocycles. The molecule has 2 aromatic rings. The lowest BCUT2D eigenvalue weighted by atomic mass is 9.96. The number of anilines is 1. The van der Waals surface area contributed by atoms with Crippen molar-refractivity contribution in [3.05, 3.63) is 54.1 Å². The summed E-state index contributed by atoms with van der Waals surface area (Å²) in [5.74, 6) is 0.859. The molecule has 1 aliphatic rings. The standard InChI is InChI=1S/C24H30N2O5S/c1-26(20-7-5-4-6-8-20)32(28,29)21-13-11-19(12-14-21)25-24(27)16-10-18-9-15-22(30-2)23(17-18)31-3/h9-17,20H,4-8H2,1-3H3,(H,25,27). The first-order valence-electron chi connectivity index (χ1n) is 10.6. The normalized spacial score (nSPS) is 15.1. The van der Waals surface area contributed by atoms with E-state index < -0.39 is 10.0 Å². The van der Waals surface area contributed by atoms with Crippen LogP contribution in [0.5, 0.6) is 11.5 Å². The summed E-state index contributed by atoms with van der Waals surface area (Å²) in [6.45, 7) is 0. The third-order valence-electron chi connectivity index (χ3n) is 5.72. The molecule has 1 N–H and O–H groups in total. The Balaban J connectivity index is 1.63. The summed E-state index contributed by atoms with van der Waals surface area (Å²) in [6.07, 6.45) is 8.16. The van der Waals surface area contributed by atoms with Gasteiger partial charge >= 0.3 is 0 Å². The van der Waals surface area contributed by atoms with Crippen molar-refractivity contribution in [2.75, 3.05) is 26.6 Å². The molecular weight excluding hydrogens is 428 g/mol. The molecule has 0 bridgehead atoms. The Hall–Kier alpha value is -2.84. The van der Waals surface area contributed by atoms with E-state index in [4.69, 9.17) is 9.47 Å². The van der Waals surface area contributed by atoms with Gasteiger partial charge in [-0.15, -0.1) is 0 Å². The fourth-order valence-electron chi connectivity index (χ4n) is 3.83. The Bertz CT molecular complexity index is 1060. The predicted octanol–water partition coefficient (Wildman–Crippen LogP) is 4.31. The maximum absolute atomic E-state index is 12.9. The Morgan fingerprint density at radius 2 is 1.66 bits per heavy atom. The number of amides is 1. The van der Waals surface area contributed by atoms with E-state index in [2.05, 4.69) is 5.32 Å². The Morgan fingerprint density at radius 1 is 1.00 bits per heavy atom. The second kappa shape index (κ2) is 10.7. The van der Waals surface area contributed by atoms with Gasteiger partial charge in [0.1, 0.15) is 0 Å². The van der Waals surface area contributed by atoms with Gasteiger partial charge in [0.15, 0.2) is 11.5 Å². The van der Waals surface area contributed by atoms with Crippen molar-refractivity contribution in [1.29, 1.82) is 0 Å². The van der Waals surface area contributed by atoms with Crippen molar-refractivity contribution in [2.45, 2.75) is 43.0 Å². The largest absolute Gasteiger partial charge is 0.493 e. The number of nitrogens with one attached hydrogen (secondary N) is 1. The van der Waals surface area contributed by atoms with Crippen LogP contribution in [0.4, 0.5) is 5.69 Å². The summed E-state index contributed by atoms with van der Waals surface area (Å²) < 4.78 is 37.8. The molecular formula is C24H30N2O5S. The third-order valence-corrected chi connectivity index (χ3v) is 7.65. The summed E-state index contributed by atoms with van der Waals surface area (Å²) in [5, 5.41) is 2.74. The molecule has 0 atom stereocenters. The van der Waals surface area contributed by atoms with Crippen LogP contribution < -0.4 is 14.8 Å². The van der Waals surface area contributed by atoms with Crippen LogP contribution in [-0.2, 0) is 14.8 Å². The van der Waals surface area contributed by atoms with Gasteiger partial charge < -0.3 is 14.8 Å². The average molecular weight is 459 g/mol. The molecule has 0 heterocycles. The molecule has 7 nitrogen and oxygen atoms in total. The molecule has 0 unspecified atom stereocenters. The zero-order valence-electron chi connectivity index (χ0n) is 18.7. The van der Waals surface area contributed by atoms with E-state index in [9.17, 15) is 13.2 Å². The minimum atomic E-state index is -3.56. The monoisotopic (exact) mass is 458 g/mol. The van der Waals surface area contributed by atoms with Crippen molar-refractivity contribution < 1.29 is 22.7 Å². The fraction of sp³-hybridized carbons (Fsp3) is 0.375. The lowest BCUT2D eigenvalue weighted by Gasteiger charge is -2.30. The number of sulfonamides is 1. The highest BCUT2D eigenvalue weighted by molar-refractivity contribution is 7.89. The third kappa shape index (κ3) is 5.69. The van der Waals surface area contributed by atoms with Gasteiger partial charge in [-0.25, -0.2) is 8.42 Å². The lowest BCUT2D eigenvalue weighted by molar-refractivity contribution is -0.111. The highest BCUT2D eigenvalue weighted by atomic mass is 32.2. The summed E-state index contributed by atoms with van der Waals surface area (Å²) >= 11 is 0. The number of hydrogen-bond acceptors (Lipinski definition) is 5. The van der Waals surface area contributed by atoms with Gasteiger partial charge in [-0.05, 0) is 60.9 Å². The van der Waals surface area contributed by atoms with E-state index in [1.165, 1.54) is 28.9 Å². The first-order chi connectivity index (χ1) is 15.3. The second-order valence-electron chi connectivity index (χ2n) is 7.77. The number of benzene rings is 2. The summed E-state index contributed by atoms with van der Waals surface area (Å²) in [5.41, 5.74) is 1.30. The highest BCUT2D eigenvalue weighted by Gasteiger charge is 2.28. The van der Waals surface area contributed by atoms with Crippen molar-refractivity contribution in [3.63, 3.8) is 0 Å². The molecule has 2 aromatic carbocycles. The van der Waals surface area contributed by atoms with E-state index in [0.717, 1.165) is 31.2 Å². The van der Waals surface area contributed by atoms with Crippen LogP contribution in [0, 0.1) is 0 Å². The molecule has 172 valence electrons. The Morgan fingerprint density at radius 3 is 2.28 bits per heavy atom. The van der Waals surface area contributed by atoms with Crippen LogP contribution in [0.1, 0.15) is 37.7 Å². The van der Waals surface area contributed by atoms with E-state index in [1.807, 2.05) is 6.07 Å². The van der Waals surface area contributed by atoms with Crippen LogP contribution >= 0.6 is 0 Å². The van der Waals surface area contributed by atoms with E-state index in [0.29, 0.717) is 17.2 Å². The van der Waals surface area contributed by atoms with E-state index in [-0.39, 0.29) is 16.8 Å². The number of hydrogen-bond donors (Lipinski definition) is 1. The first kappa shape index (κ1) is 23.8. The summed E-state index contributed by atoms with van der Waals surface area (Å²) in [6, 6.07) is 11.7. The smallest absolute Gasteiger partial charge is 0.248 e. The molecule has 1 amide bonds. The minimum Gasteiger partial charge on any atom is -0.493 e. The molecule has 32 heavy (non-hydrogen) atoms. The van der Waals surface area contributed by atoms with Gasteiger partial charge in [-0.3, -0.25) is 4.79 Å². The first-order valence-corrected chi connectivity index (χ1v) is 12.1. The molecule has 0 aliphatic heterocycles. The number of nitrogens with zero attached hydrogens (tertiary/aromatic N) is 1. The molecule has 1 fully saturated rings. The van der Waals surface area contributed by atoms with Crippen LogP contribution in [-0.4, -0.2) is 45.9 Å². The van der Waals surface area contributed by atoms with Crippen molar-refractivity contribution in [2.24, 2.45) is 0 Å². The number of rotatable bonds is 8. The number of ether oxygens (including phenoxy) is 2. The van der Waals surface area contributed by atoms with Crippen LogP contribution in [0.3, 0.4) is 0 Å². The quantitative estimate of drug-likeness (QED) is 0.596. The van der Waals surface area contributed by atoms with Gasteiger partial charge in [0.25, 0.3) is 0 Å². The Labute approximate surface area is 190 Å². The van der Waals surface area contributed by atoms with Gasteiger partial charge in [0.05, 0.1) is 19.1 Å². The fourth-order valence-corrected chi connectivity index (χ4v) is 5.25. The van der Waals surface area contributed by atoms with Gasteiger partial charge in [-0.1, -0.05) is 25.3 Å². The molecule has 0 aromatic heterocycles. The Kier molecular flexibility index (Phi) is 7.93. The van der Waals surface area contributed by atoms with Crippen molar-refractivity contribution in [1.82, 2.24) is 4.31 Å². The summed E-state index contributed by atoms with van der Waals surface area (Å²) in [4.78, 5) is 12.5. The second-order valence-corrected chi connectivity index (χ2v) is 9.77. The number of carbonyl (C=O) groups excluding carboxylic acids is 1. The maximum Gasteiger partial charge on any atom is 0.248 e. The van der Waals surface area contributed by atoms with Gasteiger partial charge in [0.2, 0.25) is 15.9 Å². The SMILES string of the molecule is COc1ccc(C=CC(=O)Nc2ccc(S(=O)(=O)N(C)C3CCCCC3)cc2)cc1OC. The van der Waals surface area contributed by atoms with E-state index >= 15 is 0 Å². The molecule has 3 rings (SSSR count). The molecule has 1 saturated carbocycles. The lowest BCUT2D eigenvalue weighted by Crippen LogP contribution is -2.38. The molecule has 0 spiro atoms. The molecule has 8 heteroatoms. The number of methoxy groups -OCH3 is 2. The predicted molar refractivity (Wildman–Crippen MR) is 125 cm³/mol. The maximum atomic E-state index is 12.9. The van der Waals surface area contributed by atoms with Crippen LogP contribution in [0.25, 0.3) is 6.08 Å². The summed E-state index contributed by atoms with van der Waals surface area (Å²) in [7, 11) is 1.21. The van der Waals surface area contributed by atoms with Gasteiger partial charge in [0, 0.05) is 24.9 Å². The number of carbonyl (C=O) groups is 1. The minimum absolute atomic E-state index is 0.0508. The van der Waals surface area contributed by atoms with Crippen LogP contribution in [0.15, 0.2) is 53.4 Å². The zero-order chi connectivity index (χ0) is 23.1. The van der Waals surface area contributed by atoms with E-state index in [1.54, 1.807) is 51.6 Å². The van der Waals surface area contributed by atoms with Crippen molar-refractivity contribution >= 4 is 27.7 Å². The topological polar surface area (TPSA) is 84.9 Å². The van der Waals surface area contributed by atoms with Gasteiger partial charge in [-0.2, -0.15) is 4.31 Å². The zero-order valence-corrected chi connectivity index (χ0v) is 19.5. The van der Waals surface area contributed by atoms with Crippen LogP contribution in [0.2, 0.25) is 0 Å². The highest BCUT2D eigenvalue weighted by Crippen LogP contribution is 2.28. The van der Waals surface area contributed by atoms with Crippen molar-refractivity contribution in [3.8, 4) is 11.5 Å².